The monoisotopic (exact) mass is 332 g/mol. The van der Waals surface area contributed by atoms with Crippen molar-refractivity contribution in [2.45, 2.75) is 64.4 Å². The zero-order valence-corrected chi connectivity index (χ0v) is 14.5. The lowest BCUT2D eigenvalue weighted by Crippen LogP contribution is -2.48. The first-order chi connectivity index (χ1) is 11.5. The number of rotatable bonds is 3. The number of amides is 2. The number of hydrazine groups is 1. The van der Waals surface area contributed by atoms with Gasteiger partial charge in [-0.25, -0.2) is 0 Å². The summed E-state index contributed by atoms with van der Waals surface area (Å²) in [7, 11) is 0. The summed E-state index contributed by atoms with van der Waals surface area (Å²) in [6, 6.07) is 0. The van der Waals surface area contributed by atoms with E-state index >= 15 is 0 Å². The Bertz CT molecular complexity index is 528. The molecule has 5 heteroatoms. The summed E-state index contributed by atoms with van der Waals surface area (Å²) in [4.78, 5) is 24.1. The zero-order chi connectivity index (χ0) is 16.7. The van der Waals surface area contributed by atoms with Gasteiger partial charge in [0.25, 0.3) is 11.8 Å². The second-order valence-corrected chi connectivity index (χ2v) is 8.51. The maximum atomic E-state index is 12.2. The molecule has 0 aromatic rings. The molecule has 4 aliphatic carbocycles. The Labute approximate surface area is 143 Å². The molecule has 24 heavy (non-hydrogen) atoms. The normalized spacial score (nSPS) is 40.6. The van der Waals surface area contributed by atoms with Gasteiger partial charge in [0, 0.05) is 12.7 Å². The van der Waals surface area contributed by atoms with E-state index in [9.17, 15) is 9.59 Å². The van der Waals surface area contributed by atoms with Gasteiger partial charge in [-0.1, -0.05) is 5.57 Å². The molecule has 1 heterocycles. The third-order valence-corrected chi connectivity index (χ3v) is 6.75. The van der Waals surface area contributed by atoms with Gasteiger partial charge in [-0.05, 0) is 81.5 Å². The van der Waals surface area contributed by atoms with E-state index in [1.165, 1.54) is 44.1 Å². The lowest BCUT2D eigenvalue weighted by atomic mass is 9.48. The van der Waals surface area contributed by atoms with Gasteiger partial charge in [0.2, 0.25) is 0 Å². The third-order valence-electron chi connectivity index (χ3n) is 6.75. The second kappa shape index (κ2) is 6.17. The van der Waals surface area contributed by atoms with Crippen molar-refractivity contribution in [1.82, 2.24) is 10.9 Å². The Morgan fingerprint density at radius 3 is 2.21 bits per heavy atom. The third kappa shape index (κ3) is 2.99. The standard InChI is InChI=1S/C19H28N2O3/c1-12(5-17(22)20-21-18(23)16-3-2-4-24-16)19-9-13-6-14(10-19)8-15(7-13)11-19/h5,13-16H,2-4,6-11H2,1H3,(H,20,22)(H,21,23)/b12-5-/t13?,14?,15?,16-,19?/m1/s1. The fraction of sp³-hybridized carbons (Fsp3) is 0.789. The first-order valence-corrected chi connectivity index (χ1v) is 9.44. The number of ether oxygens (including phenoxy) is 1. The summed E-state index contributed by atoms with van der Waals surface area (Å²) < 4.78 is 5.31. The lowest BCUT2D eigenvalue weighted by molar-refractivity contribution is -0.133. The van der Waals surface area contributed by atoms with Crippen LogP contribution in [0.15, 0.2) is 11.6 Å². The van der Waals surface area contributed by atoms with E-state index in [0.717, 1.165) is 30.6 Å². The molecular weight excluding hydrogens is 304 g/mol. The van der Waals surface area contributed by atoms with Gasteiger partial charge in [0.1, 0.15) is 6.10 Å². The van der Waals surface area contributed by atoms with Crippen molar-refractivity contribution < 1.29 is 14.3 Å². The van der Waals surface area contributed by atoms with Crippen molar-refractivity contribution in [3.8, 4) is 0 Å². The second-order valence-electron chi connectivity index (χ2n) is 8.51. The van der Waals surface area contributed by atoms with Crippen molar-refractivity contribution in [2.24, 2.45) is 23.2 Å². The predicted molar refractivity (Wildman–Crippen MR) is 89.6 cm³/mol. The van der Waals surface area contributed by atoms with E-state index in [1.807, 2.05) is 0 Å². The molecule has 5 fully saturated rings. The van der Waals surface area contributed by atoms with Gasteiger partial charge in [0.15, 0.2) is 0 Å². The molecule has 5 rings (SSSR count). The van der Waals surface area contributed by atoms with Gasteiger partial charge in [-0.3, -0.25) is 20.4 Å². The average Bonchev–Trinajstić information content (AvgIpc) is 3.05. The molecular formula is C19H28N2O3. The largest absolute Gasteiger partial charge is 0.368 e. The summed E-state index contributed by atoms with van der Waals surface area (Å²) in [6.07, 6.45) is 10.9. The molecule has 0 unspecified atom stereocenters. The zero-order valence-electron chi connectivity index (χ0n) is 14.5. The smallest absolute Gasteiger partial charge is 0.267 e. The maximum Gasteiger partial charge on any atom is 0.267 e. The Morgan fingerprint density at radius 1 is 1.04 bits per heavy atom. The number of hydrogen-bond donors (Lipinski definition) is 2. The van der Waals surface area contributed by atoms with Crippen molar-refractivity contribution in [1.29, 1.82) is 0 Å². The van der Waals surface area contributed by atoms with Gasteiger partial charge in [-0.15, -0.1) is 0 Å². The van der Waals surface area contributed by atoms with Crippen LogP contribution in [0.3, 0.4) is 0 Å². The van der Waals surface area contributed by atoms with E-state index in [-0.39, 0.29) is 17.2 Å². The van der Waals surface area contributed by atoms with Crippen LogP contribution in [0.25, 0.3) is 0 Å². The van der Waals surface area contributed by atoms with Crippen molar-refractivity contribution in [2.75, 3.05) is 6.61 Å². The van der Waals surface area contributed by atoms with Crippen LogP contribution in [-0.2, 0) is 14.3 Å². The van der Waals surface area contributed by atoms with Crippen LogP contribution in [0.4, 0.5) is 0 Å². The van der Waals surface area contributed by atoms with Gasteiger partial charge in [-0.2, -0.15) is 0 Å². The molecule has 1 saturated heterocycles. The van der Waals surface area contributed by atoms with Crippen LogP contribution in [0.5, 0.6) is 0 Å². The van der Waals surface area contributed by atoms with Crippen LogP contribution < -0.4 is 10.9 Å². The number of nitrogens with one attached hydrogen (secondary N) is 2. The predicted octanol–water partition coefficient (Wildman–Crippen LogP) is 2.48. The summed E-state index contributed by atoms with van der Waals surface area (Å²) >= 11 is 0. The van der Waals surface area contributed by atoms with Gasteiger partial charge < -0.3 is 4.74 Å². The molecule has 5 nitrogen and oxygen atoms in total. The van der Waals surface area contributed by atoms with E-state index in [0.29, 0.717) is 6.61 Å². The molecule has 0 aromatic heterocycles. The number of hydrogen-bond acceptors (Lipinski definition) is 3. The first kappa shape index (κ1) is 16.1. The van der Waals surface area contributed by atoms with E-state index in [4.69, 9.17) is 4.74 Å². The molecule has 0 radical (unpaired) electrons. The Hall–Kier alpha value is -1.36. The SMILES string of the molecule is C/C(=C/C(=O)NNC(=O)[C@H]1CCCO1)C12CC3CC(CC(C3)C1)C2. The molecule has 0 aromatic carbocycles. The van der Waals surface area contributed by atoms with Gasteiger partial charge in [0.05, 0.1) is 0 Å². The van der Waals surface area contributed by atoms with Crippen LogP contribution in [0.2, 0.25) is 0 Å². The number of carbonyl (C=O) groups excluding carboxylic acids is 2. The quantitative estimate of drug-likeness (QED) is 0.616. The summed E-state index contributed by atoms with van der Waals surface area (Å²) in [5.74, 6) is 2.11. The molecule has 132 valence electrons. The van der Waals surface area contributed by atoms with E-state index < -0.39 is 6.10 Å². The number of carbonyl (C=O) groups is 2. The highest BCUT2D eigenvalue weighted by Gasteiger charge is 2.51. The molecule has 2 amide bonds. The summed E-state index contributed by atoms with van der Waals surface area (Å²) in [5, 5.41) is 0. The topological polar surface area (TPSA) is 67.4 Å². The highest BCUT2D eigenvalue weighted by atomic mass is 16.5. The Balaban J connectivity index is 1.36. The molecule has 2 N–H and O–H groups in total. The molecule has 4 bridgehead atoms. The van der Waals surface area contributed by atoms with Crippen LogP contribution in [0.1, 0.15) is 58.3 Å². The molecule has 0 spiro atoms. The van der Waals surface area contributed by atoms with Crippen LogP contribution in [0, 0.1) is 23.2 Å². The van der Waals surface area contributed by atoms with Gasteiger partial charge >= 0.3 is 0 Å². The van der Waals surface area contributed by atoms with Crippen molar-refractivity contribution in [3.63, 3.8) is 0 Å². The molecule has 5 aliphatic rings. The van der Waals surface area contributed by atoms with E-state index in [2.05, 4.69) is 17.8 Å². The molecule has 4 saturated carbocycles. The first-order valence-electron chi connectivity index (χ1n) is 9.44. The van der Waals surface area contributed by atoms with E-state index in [1.54, 1.807) is 6.08 Å². The fourth-order valence-electron chi connectivity index (χ4n) is 5.97. The van der Waals surface area contributed by atoms with Crippen LogP contribution >= 0.6 is 0 Å². The minimum absolute atomic E-state index is 0.227. The Kier molecular flexibility index (Phi) is 4.15. The molecule has 1 atom stereocenters. The van der Waals surface area contributed by atoms with Crippen molar-refractivity contribution >= 4 is 11.8 Å². The average molecular weight is 332 g/mol. The highest BCUT2D eigenvalue weighted by molar-refractivity contribution is 5.91. The summed E-state index contributed by atoms with van der Waals surface area (Å²) in [6.45, 7) is 2.73. The minimum Gasteiger partial charge on any atom is -0.368 e. The van der Waals surface area contributed by atoms with Crippen molar-refractivity contribution in [3.05, 3.63) is 11.6 Å². The fourth-order valence-corrected chi connectivity index (χ4v) is 5.97. The lowest BCUT2D eigenvalue weighted by Gasteiger charge is -2.57. The molecule has 1 aliphatic heterocycles. The van der Waals surface area contributed by atoms with Crippen LogP contribution in [-0.4, -0.2) is 24.5 Å². The highest BCUT2D eigenvalue weighted by Crippen LogP contribution is 2.62. The maximum absolute atomic E-state index is 12.2. The summed E-state index contributed by atoms with van der Waals surface area (Å²) in [5.41, 5.74) is 6.46. The number of allylic oxidation sites excluding steroid dienone is 1. The Morgan fingerprint density at radius 2 is 1.67 bits per heavy atom. The minimum atomic E-state index is -0.418.